The second-order valence-electron chi connectivity index (χ2n) is 19.9. The summed E-state index contributed by atoms with van der Waals surface area (Å²) in [5.74, 6) is 0. The van der Waals surface area contributed by atoms with Gasteiger partial charge in [0.2, 0.25) is 0 Å². The van der Waals surface area contributed by atoms with Crippen molar-refractivity contribution in [1.82, 2.24) is 18.3 Å². The molecule has 0 radical (unpaired) electrons. The standard InChI is InChI=1S/C65H31F9N6S/c66-63(67,68)34-21-26-53-44(29-34)38-12-2-6-16-49(38)77(53)57-47(32-75)59(79-51-18-8-4-14-40(51)46-31-36(65(72,73)74)23-28-55(46)79)60(48(33-76)58(57)78-50-17-7-3-13-39(50)45-30-35(64(69,70)71)22-27-54(45)78)80-52-19-9-1-11-37(52)42-24-25-43-41-15-5-10-20-56(41)81-62(43)61(42)80/h1-31H. The quantitative estimate of drug-likeness (QED) is 0.165. The maximum atomic E-state index is 14.8. The van der Waals surface area contributed by atoms with Gasteiger partial charge in [-0.1, -0.05) is 103 Å². The number of aromatic nitrogens is 4. The van der Waals surface area contributed by atoms with Gasteiger partial charge in [-0.15, -0.1) is 11.3 Å². The van der Waals surface area contributed by atoms with Crippen LogP contribution in [0.1, 0.15) is 27.8 Å². The van der Waals surface area contributed by atoms with Crippen LogP contribution < -0.4 is 0 Å². The van der Waals surface area contributed by atoms with Gasteiger partial charge in [-0.05, 0) is 84.9 Å². The molecule has 0 amide bonds. The van der Waals surface area contributed by atoms with Crippen molar-refractivity contribution in [3.63, 3.8) is 0 Å². The predicted octanol–water partition coefficient (Wildman–Crippen LogP) is 19.2. The molecule has 0 saturated carbocycles. The summed E-state index contributed by atoms with van der Waals surface area (Å²) in [6.45, 7) is 0. The third-order valence-electron chi connectivity index (χ3n) is 15.7. The Hall–Kier alpha value is -10.0. The van der Waals surface area contributed by atoms with E-state index in [1.165, 1.54) is 29.5 Å². The van der Waals surface area contributed by atoms with Crippen molar-refractivity contribution in [3.05, 3.63) is 216 Å². The molecule has 15 aromatic rings. The maximum Gasteiger partial charge on any atom is 0.416 e. The number of rotatable bonds is 4. The Bertz CT molecular complexity index is 5360. The first-order valence-corrected chi connectivity index (χ1v) is 26.1. The molecule has 0 spiro atoms. The molecular formula is C65H31F9N6S. The van der Waals surface area contributed by atoms with E-state index in [1.54, 1.807) is 86.5 Å². The zero-order valence-electron chi connectivity index (χ0n) is 41.4. The third kappa shape index (κ3) is 6.74. The Kier molecular flexibility index (Phi) is 9.95. The number of halogens is 9. The molecule has 0 aliphatic rings. The van der Waals surface area contributed by atoms with Gasteiger partial charge in [-0.25, -0.2) is 0 Å². The first-order valence-electron chi connectivity index (χ1n) is 25.3. The lowest BCUT2D eigenvalue weighted by atomic mass is 9.98. The van der Waals surface area contributed by atoms with Crippen LogP contribution in [0.5, 0.6) is 0 Å². The van der Waals surface area contributed by atoms with E-state index in [1.807, 2.05) is 65.2 Å². The summed E-state index contributed by atoms with van der Waals surface area (Å²) in [5, 5.41) is 29.9. The van der Waals surface area contributed by atoms with Crippen molar-refractivity contribution in [2.24, 2.45) is 0 Å². The van der Waals surface area contributed by atoms with Crippen LogP contribution in [0.3, 0.4) is 0 Å². The van der Waals surface area contributed by atoms with E-state index >= 15 is 0 Å². The van der Waals surface area contributed by atoms with E-state index in [0.717, 1.165) is 67.3 Å². The highest BCUT2D eigenvalue weighted by molar-refractivity contribution is 7.26. The molecular weight excluding hydrogens is 1070 g/mol. The molecule has 0 aliphatic carbocycles. The predicted molar refractivity (Wildman–Crippen MR) is 301 cm³/mol. The molecule has 0 aliphatic heterocycles. The van der Waals surface area contributed by atoms with Crippen LogP contribution in [-0.2, 0) is 18.5 Å². The van der Waals surface area contributed by atoms with Gasteiger partial charge >= 0.3 is 18.5 Å². The van der Waals surface area contributed by atoms with Crippen molar-refractivity contribution >= 4 is 119 Å². The number of hydrogen-bond acceptors (Lipinski definition) is 3. The van der Waals surface area contributed by atoms with Crippen molar-refractivity contribution in [1.29, 1.82) is 10.5 Å². The van der Waals surface area contributed by atoms with Gasteiger partial charge in [0.05, 0.1) is 88.3 Å². The van der Waals surface area contributed by atoms with Gasteiger partial charge in [0.15, 0.2) is 0 Å². The van der Waals surface area contributed by atoms with Crippen molar-refractivity contribution < 1.29 is 39.5 Å². The van der Waals surface area contributed by atoms with Gasteiger partial charge in [0, 0.05) is 58.6 Å². The summed E-state index contributed by atoms with van der Waals surface area (Å²) < 4.78 is 142. The van der Waals surface area contributed by atoms with Crippen molar-refractivity contribution in [2.45, 2.75) is 18.5 Å². The van der Waals surface area contributed by atoms with E-state index < -0.39 is 35.2 Å². The topological polar surface area (TPSA) is 67.3 Å². The average molecular weight is 1100 g/mol. The Morgan fingerprint density at radius 1 is 0.309 bits per heavy atom. The van der Waals surface area contributed by atoms with Crippen LogP contribution in [0.25, 0.3) is 130 Å². The van der Waals surface area contributed by atoms with E-state index in [9.17, 15) is 50.0 Å². The molecule has 81 heavy (non-hydrogen) atoms. The highest BCUT2D eigenvalue weighted by Crippen LogP contribution is 2.51. The lowest BCUT2D eigenvalue weighted by Gasteiger charge is -2.27. The Morgan fingerprint density at radius 2 is 0.617 bits per heavy atom. The molecule has 0 bridgehead atoms. The van der Waals surface area contributed by atoms with Crippen LogP contribution in [-0.4, -0.2) is 18.3 Å². The van der Waals surface area contributed by atoms with Crippen LogP contribution in [0, 0.1) is 22.7 Å². The summed E-state index contributed by atoms with van der Waals surface area (Å²) in [5.41, 5.74) is -0.419. The number of thiophene rings is 1. The molecule has 0 fully saturated rings. The molecule has 10 aromatic carbocycles. The molecule has 15 rings (SSSR count). The minimum absolute atomic E-state index is 0.0177. The molecule has 5 aromatic heterocycles. The summed E-state index contributed by atoms with van der Waals surface area (Å²) in [6.07, 6.45) is -14.3. The molecule has 6 nitrogen and oxygen atoms in total. The first-order chi connectivity index (χ1) is 39.0. The fraction of sp³-hybridized carbons (Fsp3) is 0.0462. The number of para-hydroxylation sites is 4. The summed E-state index contributed by atoms with van der Waals surface area (Å²) in [7, 11) is 0. The third-order valence-corrected chi connectivity index (χ3v) is 16.9. The zero-order chi connectivity index (χ0) is 55.6. The second-order valence-corrected chi connectivity index (χ2v) is 21.0. The smallest absolute Gasteiger partial charge is 0.306 e. The zero-order valence-corrected chi connectivity index (χ0v) is 42.2. The number of hydrogen-bond donors (Lipinski definition) is 0. The van der Waals surface area contributed by atoms with Gasteiger partial charge in [-0.2, -0.15) is 50.0 Å². The monoisotopic (exact) mass is 1100 g/mol. The minimum Gasteiger partial charge on any atom is -0.306 e. The van der Waals surface area contributed by atoms with Crippen molar-refractivity contribution in [3.8, 4) is 34.9 Å². The second kappa shape index (κ2) is 16.7. The molecule has 0 unspecified atom stereocenters. The number of fused-ring (bicyclic) bond motifs is 16. The van der Waals surface area contributed by atoms with E-state index in [2.05, 4.69) is 12.1 Å². The Balaban J connectivity index is 1.27. The Labute approximate surface area is 454 Å². The SMILES string of the molecule is N#Cc1c(-n2c3ccccc3c3cc(C(F)(F)F)ccc32)c(-n2c3ccccc3c3cc(C(F)(F)F)ccc32)c(C#N)c(-n2c3ccccc3c3ccc4c5ccccc5sc4c32)c1-n1c2ccccc2c2cc(C(F)(F)F)ccc21. The highest BCUT2D eigenvalue weighted by Gasteiger charge is 2.38. The number of nitriles is 2. The Morgan fingerprint density at radius 3 is 1.00 bits per heavy atom. The first kappa shape index (κ1) is 48.1. The van der Waals surface area contributed by atoms with Crippen molar-refractivity contribution in [2.75, 3.05) is 0 Å². The summed E-state index contributed by atoms with van der Waals surface area (Å²) in [6, 6.07) is 54.3. The van der Waals surface area contributed by atoms with Crippen LogP contribution in [0.2, 0.25) is 0 Å². The molecule has 390 valence electrons. The van der Waals surface area contributed by atoms with Crippen LogP contribution in [0.15, 0.2) is 188 Å². The van der Waals surface area contributed by atoms with Gasteiger partial charge in [-0.3, -0.25) is 0 Å². The fourth-order valence-corrected chi connectivity index (χ4v) is 13.7. The fourth-order valence-electron chi connectivity index (χ4n) is 12.4. The average Bonchev–Trinajstić information content (AvgIpc) is 4.29. The molecule has 16 heteroatoms. The lowest BCUT2D eigenvalue weighted by Crippen LogP contribution is -2.17. The largest absolute Gasteiger partial charge is 0.416 e. The van der Waals surface area contributed by atoms with E-state index in [4.69, 9.17) is 0 Å². The summed E-state index contributed by atoms with van der Waals surface area (Å²) >= 11 is 1.50. The number of alkyl halides is 9. The van der Waals surface area contributed by atoms with Gasteiger partial charge < -0.3 is 18.3 Å². The van der Waals surface area contributed by atoms with Crippen LogP contribution in [0.4, 0.5) is 39.5 Å². The molecule has 5 heterocycles. The molecule has 0 saturated heterocycles. The minimum atomic E-state index is -4.79. The number of nitrogens with zero attached hydrogens (tertiary/aromatic N) is 6. The van der Waals surface area contributed by atoms with Crippen LogP contribution >= 0.6 is 11.3 Å². The lowest BCUT2D eigenvalue weighted by molar-refractivity contribution is -0.138. The van der Waals surface area contributed by atoms with E-state index in [0.29, 0.717) is 43.7 Å². The normalized spacial score (nSPS) is 12.7. The van der Waals surface area contributed by atoms with Gasteiger partial charge in [0.25, 0.3) is 0 Å². The highest BCUT2D eigenvalue weighted by atomic mass is 32.1. The molecule has 0 atom stereocenters. The summed E-state index contributed by atoms with van der Waals surface area (Å²) in [4.78, 5) is 0. The molecule has 0 N–H and O–H groups in total. The van der Waals surface area contributed by atoms with Gasteiger partial charge in [0.1, 0.15) is 23.3 Å². The van der Waals surface area contributed by atoms with E-state index in [-0.39, 0.29) is 66.6 Å². The maximum absolute atomic E-state index is 14.8. The number of benzene rings is 10.